The maximum atomic E-state index is 13.1. The lowest BCUT2D eigenvalue weighted by atomic mass is 10.0. The second kappa shape index (κ2) is 5.87. The molecule has 0 aliphatic carbocycles. The molecule has 2 N–H and O–H groups in total. The molecule has 1 fully saturated rings. The van der Waals surface area contributed by atoms with Crippen LogP contribution in [0.15, 0.2) is 42.5 Å². The van der Waals surface area contributed by atoms with Crippen molar-refractivity contribution < 1.29 is 4.79 Å². The van der Waals surface area contributed by atoms with Crippen LogP contribution in [0.25, 0.3) is 0 Å². The van der Waals surface area contributed by atoms with E-state index >= 15 is 0 Å². The van der Waals surface area contributed by atoms with Gasteiger partial charge in [-0.25, -0.2) is 0 Å². The highest BCUT2D eigenvalue weighted by Crippen LogP contribution is 2.36. The number of anilines is 3. The Bertz CT molecular complexity index is 912. The fourth-order valence-electron chi connectivity index (χ4n) is 2.99. The van der Waals surface area contributed by atoms with Gasteiger partial charge in [0.25, 0.3) is 5.91 Å². The molecule has 126 valence electrons. The van der Waals surface area contributed by atoms with E-state index in [1.54, 1.807) is 24.3 Å². The molecule has 1 saturated heterocycles. The van der Waals surface area contributed by atoms with E-state index in [-0.39, 0.29) is 5.91 Å². The molecule has 0 unspecified atom stereocenters. The number of hydrogen-bond acceptors (Lipinski definition) is 4. The third-order valence-electron chi connectivity index (χ3n) is 4.41. The predicted octanol–water partition coefficient (Wildman–Crippen LogP) is 3.37. The Hall–Kier alpha value is -2.91. The second-order valence-electron chi connectivity index (χ2n) is 6.52. The molecule has 1 aliphatic heterocycles. The second-order valence-corrected chi connectivity index (χ2v) is 6.89. The average molecular weight is 350 g/mol. The molecule has 6 heteroatoms. The van der Waals surface area contributed by atoms with Crippen molar-refractivity contribution in [2.75, 3.05) is 15.5 Å². The number of amides is 1. The Morgan fingerprint density at radius 1 is 1.12 bits per heavy atom. The van der Waals surface area contributed by atoms with Crippen LogP contribution in [-0.2, 0) is 4.79 Å². The highest BCUT2D eigenvalue weighted by Gasteiger charge is 2.50. The Morgan fingerprint density at radius 2 is 1.72 bits per heavy atom. The van der Waals surface area contributed by atoms with E-state index in [9.17, 15) is 4.79 Å². The molecule has 0 spiro atoms. The summed E-state index contributed by atoms with van der Waals surface area (Å²) in [5, 5.41) is 9.51. The topological polar surface area (TPSA) is 73.4 Å². The van der Waals surface area contributed by atoms with Gasteiger partial charge in [-0.3, -0.25) is 9.69 Å². The van der Waals surface area contributed by atoms with Crippen molar-refractivity contribution in [1.82, 2.24) is 0 Å². The summed E-state index contributed by atoms with van der Waals surface area (Å²) in [5.41, 5.74) is 8.45. The lowest BCUT2D eigenvalue weighted by Crippen LogP contribution is -2.44. The number of nitrogen functional groups attached to an aromatic ring is 1. The van der Waals surface area contributed by atoms with Crippen molar-refractivity contribution >= 4 is 40.3 Å². The van der Waals surface area contributed by atoms with Gasteiger partial charge in [0.15, 0.2) is 5.11 Å². The molecule has 0 radical (unpaired) electrons. The highest BCUT2D eigenvalue weighted by atomic mass is 32.1. The van der Waals surface area contributed by atoms with E-state index in [0.29, 0.717) is 22.1 Å². The summed E-state index contributed by atoms with van der Waals surface area (Å²) in [7, 11) is 0. The van der Waals surface area contributed by atoms with Gasteiger partial charge in [-0.05, 0) is 81.0 Å². The largest absolute Gasteiger partial charge is 0.399 e. The Morgan fingerprint density at radius 3 is 2.28 bits per heavy atom. The molecule has 0 bridgehead atoms. The van der Waals surface area contributed by atoms with Crippen LogP contribution in [0.1, 0.15) is 25.0 Å². The summed E-state index contributed by atoms with van der Waals surface area (Å²) in [6, 6.07) is 14.7. The lowest BCUT2D eigenvalue weighted by Gasteiger charge is -2.29. The summed E-state index contributed by atoms with van der Waals surface area (Å²) in [5.74, 6) is -0.113. The summed E-state index contributed by atoms with van der Waals surface area (Å²) in [6.07, 6.45) is 0. The number of rotatable bonds is 2. The van der Waals surface area contributed by atoms with E-state index < -0.39 is 5.54 Å². The first-order valence-corrected chi connectivity index (χ1v) is 8.23. The van der Waals surface area contributed by atoms with Crippen molar-refractivity contribution in [1.29, 1.82) is 5.26 Å². The smallest absolute Gasteiger partial charge is 0.259 e. The maximum Gasteiger partial charge on any atom is 0.259 e. The van der Waals surface area contributed by atoms with Crippen LogP contribution in [0.3, 0.4) is 0 Å². The molecule has 1 amide bonds. The van der Waals surface area contributed by atoms with Gasteiger partial charge in [-0.2, -0.15) is 5.26 Å². The van der Waals surface area contributed by atoms with E-state index in [2.05, 4.69) is 6.07 Å². The minimum absolute atomic E-state index is 0.113. The van der Waals surface area contributed by atoms with Crippen molar-refractivity contribution in [2.24, 2.45) is 0 Å². The van der Waals surface area contributed by atoms with Gasteiger partial charge in [-0.15, -0.1) is 0 Å². The summed E-state index contributed by atoms with van der Waals surface area (Å²) >= 11 is 5.62. The van der Waals surface area contributed by atoms with Gasteiger partial charge in [0.2, 0.25) is 0 Å². The van der Waals surface area contributed by atoms with Crippen LogP contribution < -0.4 is 15.5 Å². The fourth-order valence-corrected chi connectivity index (χ4v) is 3.51. The molecular formula is C19H18N4OS. The number of hydrogen-bond donors (Lipinski definition) is 1. The molecule has 5 nitrogen and oxygen atoms in total. The van der Waals surface area contributed by atoms with E-state index in [4.69, 9.17) is 23.2 Å². The number of thiocarbonyl (C=S) groups is 1. The van der Waals surface area contributed by atoms with Crippen LogP contribution in [0, 0.1) is 18.3 Å². The van der Waals surface area contributed by atoms with Crippen LogP contribution >= 0.6 is 12.2 Å². The first kappa shape index (κ1) is 16.9. The molecule has 1 aliphatic rings. The molecule has 0 atom stereocenters. The zero-order valence-electron chi connectivity index (χ0n) is 14.3. The molecular weight excluding hydrogens is 332 g/mol. The Balaban J connectivity index is 2.07. The Labute approximate surface area is 152 Å². The maximum absolute atomic E-state index is 13.1. The van der Waals surface area contributed by atoms with E-state index in [1.807, 2.05) is 43.9 Å². The Kier molecular flexibility index (Phi) is 3.97. The first-order chi connectivity index (χ1) is 11.8. The van der Waals surface area contributed by atoms with Crippen molar-refractivity contribution in [3.8, 4) is 6.07 Å². The zero-order valence-corrected chi connectivity index (χ0v) is 15.1. The number of nitriles is 1. The number of aryl methyl sites for hydroxylation is 1. The molecule has 25 heavy (non-hydrogen) atoms. The minimum Gasteiger partial charge on any atom is -0.399 e. The number of nitrogens with two attached hydrogens (primary N) is 1. The van der Waals surface area contributed by atoms with Gasteiger partial charge in [0.05, 0.1) is 17.3 Å². The first-order valence-electron chi connectivity index (χ1n) is 7.82. The molecule has 0 aromatic heterocycles. The molecule has 2 aromatic carbocycles. The number of carbonyl (C=O) groups excluding carboxylic acids is 1. The number of carbonyl (C=O) groups is 1. The minimum atomic E-state index is -0.824. The van der Waals surface area contributed by atoms with Crippen LogP contribution in [0.4, 0.5) is 17.1 Å². The predicted molar refractivity (Wildman–Crippen MR) is 103 cm³/mol. The molecule has 2 aromatic rings. The van der Waals surface area contributed by atoms with Crippen LogP contribution in [-0.4, -0.2) is 16.6 Å². The van der Waals surface area contributed by atoms with Crippen LogP contribution in [0.2, 0.25) is 0 Å². The van der Waals surface area contributed by atoms with Gasteiger partial charge in [0.1, 0.15) is 5.54 Å². The van der Waals surface area contributed by atoms with Gasteiger partial charge in [0, 0.05) is 11.4 Å². The normalized spacial score (nSPS) is 16.2. The zero-order chi connectivity index (χ0) is 18.4. The quantitative estimate of drug-likeness (QED) is 0.664. The summed E-state index contributed by atoms with van der Waals surface area (Å²) < 4.78 is 0. The van der Waals surface area contributed by atoms with Crippen molar-refractivity contribution in [3.05, 3.63) is 53.6 Å². The van der Waals surface area contributed by atoms with Gasteiger partial charge < -0.3 is 10.6 Å². The van der Waals surface area contributed by atoms with Gasteiger partial charge in [-0.1, -0.05) is 0 Å². The summed E-state index contributed by atoms with van der Waals surface area (Å²) in [4.78, 5) is 16.4. The van der Waals surface area contributed by atoms with E-state index in [0.717, 1.165) is 11.3 Å². The summed E-state index contributed by atoms with van der Waals surface area (Å²) in [6.45, 7) is 5.53. The molecule has 3 rings (SSSR count). The van der Waals surface area contributed by atoms with Crippen LogP contribution in [0.5, 0.6) is 0 Å². The monoisotopic (exact) mass is 350 g/mol. The number of nitrogens with zero attached hydrogens (tertiary/aromatic N) is 3. The fraction of sp³-hybridized carbons (Fsp3) is 0.211. The van der Waals surface area contributed by atoms with Crippen molar-refractivity contribution in [3.63, 3.8) is 0 Å². The molecule has 1 heterocycles. The highest BCUT2D eigenvalue weighted by molar-refractivity contribution is 7.81. The van der Waals surface area contributed by atoms with Crippen molar-refractivity contribution in [2.45, 2.75) is 26.3 Å². The van der Waals surface area contributed by atoms with E-state index in [1.165, 1.54) is 4.90 Å². The standard InChI is InChI=1S/C19H18N4OS/c1-12-10-16(7-4-13(12)11-20)22-17(24)19(2,3)23(18(22)25)15-8-5-14(21)6-9-15/h4-10H,21H2,1-3H3. The third kappa shape index (κ3) is 2.63. The number of benzene rings is 2. The average Bonchev–Trinajstić information content (AvgIpc) is 2.74. The van der Waals surface area contributed by atoms with Gasteiger partial charge >= 0.3 is 0 Å². The third-order valence-corrected chi connectivity index (χ3v) is 4.77. The lowest BCUT2D eigenvalue weighted by molar-refractivity contribution is -0.120. The SMILES string of the molecule is Cc1cc(N2C(=O)C(C)(C)N(c3ccc(N)cc3)C2=S)ccc1C#N. The molecule has 0 saturated carbocycles.